The van der Waals surface area contributed by atoms with Crippen molar-refractivity contribution in [2.45, 2.75) is 52.0 Å². The van der Waals surface area contributed by atoms with Crippen molar-refractivity contribution in [3.05, 3.63) is 29.8 Å². The Morgan fingerprint density at radius 3 is 2.79 bits per heavy atom. The Morgan fingerprint density at radius 2 is 2.12 bits per heavy atom. The highest BCUT2D eigenvalue weighted by molar-refractivity contribution is 6.00. The number of hydrogen-bond donors (Lipinski definition) is 2. The van der Waals surface area contributed by atoms with Crippen LogP contribution in [0, 0.1) is 5.92 Å². The number of nitrogens with one attached hydrogen (secondary N) is 1. The van der Waals surface area contributed by atoms with Crippen LogP contribution in [0.5, 0.6) is 0 Å². The molecule has 1 saturated heterocycles. The average Bonchev–Trinajstić information content (AvgIpc) is 3.00. The summed E-state index contributed by atoms with van der Waals surface area (Å²) in [6, 6.07) is 7.91. The third kappa shape index (κ3) is 4.35. The summed E-state index contributed by atoms with van der Waals surface area (Å²) < 4.78 is 0. The Balaban J connectivity index is 2.02. The second kappa shape index (κ2) is 8.83. The number of carbonyl (C=O) groups is 2. The van der Waals surface area contributed by atoms with Gasteiger partial charge in [0.25, 0.3) is 0 Å². The quantitative estimate of drug-likeness (QED) is 0.767. The van der Waals surface area contributed by atoms with E-state index >= 15 is 0 Å². The number of amides is 2. The van der Waals surface area contributed by atoms with Crippen LogP contribution < -0.4 is 16.0 Å². The number of benzene rings is 1. The smallest absolute Gasteiger partial charge is 0.227 e. The van der Waals surface area contributed by atoms with E-state index in [1.165, 1.54) is 0 Å². The first-order valence-corrected chi connectivity index (χ1v) is 8.99. The molecule has 2 atom stereocenters. The highest BCUT2D eigenvalue weighted by atomic mass is 16.2. The lowest BCUT2D eigenvalue weighted by Crippen LogP contribution is -2.43. The fourth-order valence-corrected chi connectivity index (χ4v) is 3.21. The molecule has 3 N–H and O–H groups in total. The van der Waals surface area contributed by atoms with Crippen molar-refractivity contribution in [3.63, 3.8) is 0 Å². The van der Waals surface area contributed by atoms with Gasteiger partial charge in [-0.1, -0.05) is 44.9 Å². The number of unbranched alkanes of at least 4 members (excludes halogenated alkanes) is 1. The van der Waals surface area contributed by atoms with E-state index in [9.17, 15) is 9.59 Å². The molecule has 1 fully saturated rings. The molecule has 0 aromatic heterocycles. The van der Waals surface area contributed by atoms with Crippen LogP contribution in [0.3, 0.4) is 0 Å². The fraction of sp³-hybridized carbons (Fsp3) is 0.579. The molecule has 5 nitrogen and oxygen atoms in total. The van der Waals surface area contributed by atoms with Gasteiger partial charge in [-0.3, -0.25) is 9.59 Å². The summed E-state index contributed by atoms with van der Waals surface area (Å²) in [7, 11) is 0. The second-order valence-electron chi connectivity index (χ2n) is 6.47. The summed E-state index contributed by atoms with van der Waals surface area (Å²) in [4.78, 5) is 26.7. The van der Waals surface area contributed by atoms with E-state index in [0.29, 0.717) is 13.1 Å². The van der Waals surface area contributed by atoms with Gasteiger partial charge in [0.1, 0.15) is 0 Å². The molecule has 1 aliphatic heterocycles. The van der Waals surface area contributed by atoms with Crippen molar-refractivity contribution >= 4 is 17.5 Å². The molecule has 1 heterocycles. The maximum Gasteiger partial charge on any atom is 0.227 e. The first-order chi connectivity index (χ1) is 11.6. The lowest BCUT2D eigenvalue weighted by molar-refractivity contribution is -0.126. The van der Waals surface area contributed by atoms with Gasteiger partial charge < -0.3 is 16.0 Å². The van der Waals surface area contributed by atoms with E-state index in [-0.39, 0.29) is 30.2 Å². The summed E-state index contributed by atoms with van der Waals surface area (Å²) in [5, 5.41) is 3.02. The van der Waals surface area contributed by atoms with E-state index in [1.807, 2.05) is 24.3 Å². The predicted molar refractivity (Wildman–Crippen MR) is 96.8 cm³/mol. The summed E-state index contributed by atoms with van der Waals surface area (Å²) in [5.41, 5.74) is 7.82. The Kier molecular flexibility index (Phi) is 6.79. The van der Waals surface area contributed by atoms with E-state index in [2.05, 4.69) is 19.2 Å². The zero-order valence-corrected chi connectivity index (χ0v) is 14.8. The molecule has 0 spiro atoms. The van der Waals surface area contributed by atoms with Crippen LogP contribution in [0.15, 0.2) is 24.3 Å². The maximum absolute atomic E-state index is 12.5. The van der Waals surface area contributed by atoms with Crippen molar-refractivity contribution in [3.8, 4) is 0 Å². The third-order valence-electron chi connectivity index (χ3n) is 4.70. The van der Waals surface area contributed by atoms with Crippen LogP contribution in [0.25, 0.3) is 0 Å². The summed E-state index contributed by atoms with van der Waals surface area (Å²) in [6.07, 6.45) is 4.15. The molecular weight excluding hydrogens is 302 g/mol. The van der Waals surface area contributed by atoms with E-state index in [0.717, 1.165) is 36.9 Å². The molecule has 132 valence electrons. The number of anilines is 1. The molecule has 2 amide bonds. The lowest BCUT2D eigenvalue weighted by Gasteiger charge is -2.21. The van der Waals surface area contributed by atoms with Crippen LogP contribution in [-0.4, -0.2) is 30.9 Å². The standard InChI is InChI=1S/C19H29N3O2/c1-3-5-9-16(12-20)21-19(24)15-11-18(23)22(13-15)17-10-7-6-8-14(17)4-2/h6-8,10,15-16H,3-5,9,11-13,20H2,1-2H3,(H,21,24). The highest BCUT2D eigenvalue weighted by Gasteiger charge is 2.36. The van der Waals surface area contributed by atoms with Crippen LogP contribution in [-0.2, 0) is 16.0 Å². The van der Waals surface area contributed by atoms with Crippen LogP contribution in [0.4, 0.5) is 5.69 Å². The van der Waals surface area contributed by atoms with Crippen LogP contribution in [0.1, 0.15) is 45.1 Å². The van der Waals surface area contributed by atoms with Gasteiger partial charge in [-0.05, 0) is 24.5 Å². The first-order valence-electron chi connectivity index (χ1n) is 8.99. The monoisotopic (exact) mass is 331 g/mol. The molecule has 2 rings (SSSR count). The normalized spacial score (nSPS) is 18.7. The number of nitrogens with zero attached hydrogens (tertiary/aromatic N) is 1. The largest absolute Gasteiger partial charge is 0.352 e. The first kappa shape index (κ1) is 18.5. The van der Waals surface area contributed by atoms with Crippen LogP contribution in [0.2, 0.25) is 0 Å². The summed E-state index contributed by atoms with van der Waals surface area (Å²) in [6.45, 7) is 5.08. The zero-order chi connectivity index (χ0) is 17.5. The molecule has 5 heteroatoms. The van der Waals surface area contributed by atoms with Crippen molar-refractivity contribution < 1.29 is 9.59 Å². The van der Waals surface area contributed by atoms with Gasteiger partial charge in [0.05, 0.1) is 5.92 Å². The van der Waals surface area contributed by atoms with Gasteiger partial charge in [-0.25, -0.2) is 0 Å². The number of rotatable bonds is 8. The Morgan fingerprint density at radius 1 is 1.38 bits per heavy atom. The SMILES string of the molecule is CCCCC(CN)NC(=O)C1CC(=O)N(c2ccccc2CC)C1. The van der Waals surface area contributed by atoms with E-state index < -0.39 is 0 Å². The molecule has 0 radical (unpaired) electrons. The van der Waals surface area contributed by atoms with Gasteiger partial charge in [0, 0.05) is 31.2 Å². The van der Waals surface area contributed by atoms with Crippen molar-refractivity contribution in [2.24, 2.45) is 11.7 Å². The van der Waals surface area contributed by atoms with Gasteiger partial charge in [-0.15, -0.1) is 0 Å². The summed E-state index contributed by atoms with van der Waals surface area (Å²) >= 11 is 0. The maximum atomic E-state index is 12.5. The predicted octanol–water partition coefficient (Wildman–Crippen LogP) is 2.24. The molecular formula is C19H29N3O2. The Bertz CT molecular complexity index is 573. The molecule has 0 bridgehead atoms. The number of carbonyl (C=O) groups excluding carboxylic acids is 2. The zero-order valence-electron chi connectivity index (χ0n) is 14.8. The summed E-state index contributed by atoms with van der Waals surface area (Å²) in [5.74, 6) is -0.321. The molecule has 1 aromatic rings. The minimum Gasteiger partial charge on any atom is -0.352 e. The molecule has 1 aromatic carbocycles. The molecule has 1 aliphatic rings. The number of nitrogens with two attached hydrogens (primary N) is 1. The minimum absolute atomic E-state index is 0.00419. The fourth-order valence-electron chi connectivity index (χ4n) is 3.21. The van der Waals surface area contributed by atoms with Gasteiger partial charge in [0.15, 0.2) is 0 Å². The Hall–Kier alpha value is -1.88. The van der Waals surface area contributed by atoms with Gasteiger partial charge >= 0.3 is 0 Å². The topological polar surface area (TPSA) is 75.4 Å². The van der Waals surface area contributed by atoms with E-state index in [4.69, 9.17) is 5.73 Å². The lowest BCUT2D eigenvalue weighted by atomic mass is 10.1. The van der Waals surface area contributed by atoms with Crippen LogP contribution >= 0.6 is 0 Å². The number of para-hydroxylation sites is 1. The second-order valence-corrected chi connectivity index (χ2v) is 6.47. The highest BCUT2D eigenvalue weighted by Crippen LogP contribution is 2.28. The van der Waals surface area contributed by atoms with Crippen molar-refractivity contribution in [1.29, 1.82) is 0 Å². The molecule has 0 aliphatic carbocycles. The van der Waals surface area contributed by atoms with Crippen molar-refractivity contribution in [1.82, 2.24) is 5.32 Å². The third-order valence-corrected chi connectivity index (χ3v) is 4.70. The Labute approximate surface area is 144 Å². The number of hydrogen-bond acceptors (Lipinski definition) is 3. The van der Waals surface area contributed by atoms with Gasteiger partial charge in [-0.2, -0.15) is 0 Å². The average molecular weight is 331 g/mol. The van der Waals surface area contributed by atoms with E-state index in [1.54, 1.807) is 4.90 Å². The molecule has 0 saturated carbocycles. The molecule has 2 unspecified atom stereocenters. The molecule has 24 heavy (non-hydrogen) atoms. The van der Waals surface area contributed by atoms with Gasteiger partial charge in [0.2, 0.25) is 11.8 Å². The minimum atomic E-state index is -0.293. The number of aryl methyl sites for hydroxylation is 1. The van der Waals surface area contributed by atoms with Crippen molar-refractivity contribution in [2.75, 3.05) is 18.0 Å².